The number of ether oxygens (including phenoxy) is 2. The fourth-order valence-electron chi connectivity index (χ4n) is 4.46. The van der Waals surface area contributed by atoms with Gasteiger partial charge in [0.25, 0.3) is 0 Å². The van der Waals surface area contributed by atoms with Crippen LogP contribution in [0.3, 0.4) is 0 Å². The molecule has 1 aromatic heterocycles. The number of hydrogen-bond donors (Lipinski definition) is 1. The van der Waals surface area contributed by atoms with E-state index in [0.29, 0.717) is 41.1 Å². The van der Waals surface area contributed by atoms with E-state index >= 15 is 0 Å². The van der Waals surface area contributed by atoms with Gasteiger partial charge in [0.1, 0.15) is 23.2 Å². The maximum absolute atomic E-state index is 13.6. The molecule has 2 aromatic carbocycles. The highest BCUT2D eigenvalue weighted by Gasteiger charge is 2.30. The van der Waals surface area contributed by atoms with Crippen molar-refractivity contribution in [2.75, 3.05) is 50.7 Å². The Morgan fingerprint density at radius 3 is 2.37 bits per heavy atom. The molecule has 35 heavy (non-hydrogen) atoms. The first-order valence-corrected chi connectivity index (χ1v) is 12.0. The van der Waals surface area contributed by atoms with Crippen LogP contribution in [0, 0.1) is 5.82 Å². The molecule has 2 atom stereocenters. The molecule has 0 amide bonds. The summed E-state index contributed by atoms with van der Waals surface area (Å²) in [5, 5.41) is 3.84. The Bertz CT molecular complexity index is 1140. The summed E-state index contributed by atoms with van der Waals surface area (Å²) in [6, 6.07) is 14.3. The quantitative estimate of drug-likeness (QED) is 0.455. The van der Waals surface area contributed by atoms with Gasteiger partial charge < -0.3 is 19.7 Å². The van der Waals surface area contributed by atoms with Crippen LogP contribution in [-0.4, -0.2) is 67.4 Å². The summed E-state index contributed by atoms with van der Waals surface area (Å²) in [5.41, 5.74) is 1.51. The van der Waals surface area contributed by atoms with Gasteiger partial charge in [-0.25, -0.2) is 14.4 Å². The van der Waals surface area contributed by atoms with E-state index in [1.807, 2.05) is 12.1 Å². The molecule has 3 aromatic rings. The highest BCUT2D eigenvalue weighted by Crippen LogP contribution is 2.31. The summed E-state index contributed by atoms with van der Waals surface area (Å²) in [5.74, 6) is 2.25. The molecule has 1 aliphatic heterocycles. The fraction of sp³-hybridized carbons (Fsp3) is 0.385. The van der Waals surface area contributed by atoms with Gasteiger partial charge in [0.15, 0.2) is 5.82 Å². The Hall–Kier alpha value is -2.94. The van der Waals surface area contributed by atoms with Crippen LogP contribution in [0.15, 0.2) is 48.5 Å². The first-order chi connectivity index (χ1) is 16.9. The molecule has 0 saturated carbocycles. The average Bonchev–Trinajstić information content (AvgIpc) is 2.84. The summed E-state index contributed by atoms with van der Waals surface area (Å²) < 4.78 is 24.1. The molecular formula is C26H31ClFN5O2. The van der Waals surface area contributed by atoms with Gasteiger partial charge >= 0.3 is 0 Å². The van der Waals surface area contributed by atoms with Crippen LogP contribution in [0.1, 0.15) is 13.8 Å². The molecule has 9 heteroatoms. The van der Waals surface area contributed by atoms with Gasteiger partial charge in [-0.2, -0.15) is 0 Å². The number of rotatable bonds is 8. The Morgan fingerprint density at radius 2 is 1.74 bits per heavy atom. The van der Waals surface area contributed by atoms with E-state index in [2.05, 4.69) is 29.0 Å². The van der Waals surface area contributed by atoms with Crippen LogP contribution in [0.4, 0.5) is 21.7 Å². The molecule has 2 unspecified atom stereocenters. The Balaban J connectivity index is 1.66. The lowest BCUT2D eigenvalue weighted by atomic mass is 10.1. The number of methoxy groups -OCH3 is 2. The van der Waals surface area contributed by atoms with E-state index in [4.69, 9.17) is 31.0 Å². The van der Waals surface area contributed by atoms with Crippen molar-refractivity contribution in [3.05, 3.63) is 59.4 Å². The van der Waals surface area contributed by atoms with Gasteiger partial charge in [-0.1, -0.05) is 11.6 Å². The number of benzene rings is 2. The van der Waals surface area contributed by atoms with Gasteiger partial charge in [-0.15, -0.1) is 0 Å². The number of halogens is 2. The molecule has 186 valence electrons. The second-order valence-corrected chi connectivity index (χ2v) is 9.16. The van der Waals surface area contributed by atoms with E-state index < -0.39 is 0 Å². The van der Waals surface area contributed by atoms with Crippen molar-refractivity contribution in [3.63, 3.8) is 0 Å². The SMILES string of the molecule is COCCN1C(C)CN(c2cc(Nc3ccc(OC)c(Cl)c3)nc(-c3ccc(F)cc3)n2)CC1C. The molecule has 1 aliphatic rings. The average molecular weight is 500 g/mol. The van der Waals surface area contributed by atoms with E-state index in [1.165, 1.54) is 12.1 Å². The largest absolute Gasteiger partial charge is 0.495 e. The zero-order valence-corrected chi connectivity index (χ0v) is 21.2. The summed E-state index contributed by atoms with van der Waals surface area (Å²) in [7, 11) is 3.31. The van der Waals surface area contributed by atoms with Crippen LogP contribution in [0.2, 0.25) is 5.02 Å². The normalized spacial score (nSPS) is 18.5. The van der Waals surface area contributed by atoms with Crippen molar-refractivity contribution in [1.29, 1.82) is 0 Å². The number of aromatic nitrogens is 2. The van der Waals surface area contributed by atoms with Gasteiger partial charge in [0.2, 0.25) is 0 Å². The second kappa shape index (κ2) is 11.2. The first-order valence-electron chi connectivity index (χ1n) is 11.6. The molecule has 1 saturated heterocycles. The van der Waals surface area contributed by atoms with Crippen molar-refractivity contribution < 1.29 is 13.9 Å². The first kappa shape index (κ1) is 25.2. The lowest BCUT2D eigenvalue weighted by Crippen LogP contribution is -2.57. The van der Waals surface area contributed by atoms with Gasteiger partial charge in [0.05, 0.1) is 18.7 Å². The molecule has 0 radical (unpaired) electrons. The summed E-state index contributed by atoms with van der Waals surface area (Å²) in [6.45, 7) is 7.68. The molecule has 0 bridgehead atoms. The van der Waals surface area contributed by atoms with Crippen LogP contribution in [0.5, 0.6) is 5.75 Å². The number of hydrogen-bond acceptors (Lipinski definition) is 7. The monoisotopic (exact) mass is 499 g/mol. The zero-order chi connectivity index (χ0) is 24.9. The van der Waals surface area contributed by atoms with E-state index in [0.717, 1.165) is 36.7 Å². The fourth-order valence-corrected chi connectivity index (χ4v) is 4.72. The van der Waals surface area contributed by atoms with Crippen LogP contribution in [0.25, 0.3) is 11.4 Å². The second-order valence-electron chi connectivity index (χ2n) is 8.75. The minimum Gasteiger partial charge on any atom is -0.495 e. The van der Waals surface area contributed by atoms with Gasteiger partial charge in [-0.05, 0) is 56.3 Å². The number of nitrogens with one attached hydrogen (secondary N) is 1. The predicted octanol–water partition coefficient (Wildman–Crippen LogP) is 5.23. The van der Waals surface area contributed by atoms with Crippen molar-refractivity contribution >= 4 is 28.9 Å². The molecule has 0 aliphatic carbocycles. The molecule has 7 nitrogen and oxygen atoms in total. The maximum Gasteiger partial charge on any atom is 0.163 e. The van der Waals surface area contributed by atoms with Gasteiger partial charge in [0, 0.05) is 56.1 Å². The van der Waals surface area contributed by atoms with E-state index in [-0.39, 0.29) is 5.82 Å². The van der Waals surface area contributed by atoms with Crippen molar-refractivity contribution in [2.24, 2.45) is 0 Å². The maximum atomic E-state index is 13.6. The number of nitrogens with zero attached hydrogens (tertiary/aromatic N) is 4. The third kappa shape index (κ3) is 6.01. The Labute approximate surface area is 210 Å². The van der Waals surface area contributed by atoms with Crippen LogP contribution >= 0.6 is 11.6 Å². The Kier molecular flexibility index (Phi) is 8.05. The third-order valence-electron chi connectivity index (χ3n) is 6.22. The highest BCUT2D eigenvalue weighted by atomic mass is 35.5. The molecule has 0 spiro atoms. The summed E-state index contributed by atoms with van der Waals surface area (Å²) in [4.78, 5) is 14.3. The van der Waals surface area contributed by atoms with Crippen molar-refractivity contribution in [1.82, 2.24) is 14.9 Å². The highest BCUT2D eigenvalue weighted by molar-refractivity contribution is 6.32. The minimum absolute atomic E-state index is 0.300. The van der Waals surface area contributed by atoms with E-state index in [9.17, 15) is 4.39 Å². The van der Waals surface area contributed by atoms with Crippen molar-refractivity contribution in [2.45, 2.75) is 25.9 Å². The number of piperazine rings is 1. The van der Waals surface area contributed by atoms with Crippen molar-refractivity contribution in [3.8, 4) is 17.1 Å². The van der Waals surface area contributed by atoms with Crippen LogP contribution in [-0.2, 0) is 4.74 Å². The standard InChI is InChI=1S/C26H31ClFN5O2/c1-17-15-32(16-18(2)33(17)11-12-34-3)25-14-24(29-21-9-10-23(35-4)22(27)13-21)30-26(31-25)19-5-7-20(28)8-6-19/h5-10,13-14,17-18H,11-12,15-16H2,1-4H3,(H,29,30,31). The predicted molar refractivity (Wildman–Crippen MR) is 138 cm³/mol. The third-order valence-corrected chi connectivity index (χ3v) is 6.51. The smallest absolute Gasteiger partial charge is 0.163 e. The minimum atomic E-state index is -0.300. The lowest BCUT2D eigenvalue weighted by Gasteiger charge is -2.45. The Morgan fingerprint density at radius 1 is 1.03 bits per heavy atom. The molecule has 2 heterocycles. The number of anilines is 3. The molecule has 1 fully saturated rings. The summed E-state index contributed by atoms with van der Waals surface area (Å²) >= 11 is 6.32. The summed E-state index contributed by atoms with van der Waals surface area (Å²) in [6.07, 6.45) is 0. The lowest BCUT2D eigenvalue weighted by molar-refractivity contribution is 0.0845. The molecule has 4 rings (SSSR count). The topological polar surface area (TPSA) is 62.8 Å². The van der Waals surface area contributed by atoms with Gasteiger partial charge in [-0.3, -0.25) is 4.90 Å². The molecule has 1 N–H and O–H groups in total. The van der Waals surface area contributed by atoms with Crippen LogP contribution < -0.4 is 15.0 Å². The van der Waals surface area contributed by atoms with E-state index in [1.54, 1.807) is 38.5 Å². The zero-order valence-electron chi connectivity index (χ0n) is 20.5. The molecular weight excluding hydrogens is 469 g/mol.